The van der Waals surface area contributed by atoms with Gasteiger partial charge in [-0.25, -0.2) is 4.79 Å². The molecule has 1 aromatic heterocycles. The molecular formula is C11H8BrClN2O3. The van der Waals surface area contributed by atoms with Crippen LogP contribution in [-0.4, -0.2) is 22.8 Å². The molecule has 0 amide bonds. The van der Waals surface area contributed by atoms with Gasteiger partial charge in [0, 0.05) is 10.0 Å². The van der Waals surface area contributed by atoms with Crippen molar-refractivity contribution < 1.29 is 13.9 Å². The smallest absolute Gasteiger partial charge is 0.396 e. The quantitative estimate of drug-likeness (QED) is 0.807. The number of aromatic nitrogens is 2. The fourth-order valence-corrected chi connectivity index (χ4v) is 1.67. The van der Waals surface area contributed by atoms with E-state index in [1.54, 1.807) is 25.1 Å². The number of rotatable bonds is 3. The van der Waals surface area contributed by atoms with Gasteiger partial charge < -0.3 is 9.15 Å². The van der Waals surface area contributed by atoms with Gasteiger partial charge in [-0.1, -0.05) is 11.6 Å². The van der Waals surface area contributed by atoms with Gasteiger partial charge in [-0.2, -0.15) is 0 Å². The Balaban J connectivity index is 2.29. The number of nitrogens with zero attached hydrogens (tertiary/aromatic N) is 2. The number of carbonyl (C=O) groups excluding carboxylic acids is 1. The van der Waals surface area contributed by atoms with Gasteiger partial charge in [0.1, 0.15) is 0 Å². The molecule has 0 unspecified atom stereocenters. The normalized spacial score (nSPS) is 10.4. The highest BCUT2D eigenvalue weighted by molar-refractivity contribution is 9.10. The molecule has 94 valence electrons. The summed E-state index contributed by atoms with van der Waals surface area (Å²) in [6.45, 7) is 1.95. The van der Waals surface area contributed by atoms with E-state index in [0.29, 0.717) is 10.6 Å². The summed E-state index contributed by atoms with van der Waals surface area (Å²) in [5.41, 5.74) is 0.631. The summed E-state index contributed by atoms with van der Waals surface area (Å²) in [6, 6.07) is 5.17. The number of hydrogen-bond donors (Lipinski definition) is 0. The van der Waals surface area contributed by atoms with Gasteiger partial charge in [0.15, 0.2) is 0 Å². The molecule has 7 heteroatoms. The first-order valence-corrected chi connectivity index (χ1v) is 6.25. The van der Waals surface area contributed by atoms with E-state index >= 15 is 0 Å². The Kier molecular flexibility index (Phi) is 3.98. The minimum Gasteiger partial charge on any atom is -0.459 e. The predicted octanol–water partition coefficient (Wildman–Crippen LogP) is 3.33. The van der Waals surface area contributed by atoms with E-state index < -0.39 is 5.97 Å². The van der Waals surface area contributed by atoms with Crippen molar-refractivity contribution in [3.8, 4) is 11.5 Å². The average Bonchev–Trinajstić information content (AvgIpc) is 2.82. The Morgan fingerprint density at radius 2 is 2.28 bits per heavy atom. The number of benzene rings is 1. The third-order valence-corrected chi connectivity index (χ3v) is 3.27. The van der Waals surface area contributed by atoms with Crippen LogP contribution in [0.15, 0.2) is 27.1 Å². The second-order valence-electron chi connectivity index (χ2n) is 3.26. The highest BCUT2D eigenvalue weighted by atomic mass is 79.9. The lowest BCUT2D eigenvalue weighted by molar-refractivity contribution is 0.0481. The standard InChI is InChI=1S/C11H8BrClN2O3/c1-2-17-11(16)10-15-14-9(18-10)6-3-4-7(12)8(13)5-6/h3-5H,2H2,1H3. The first-order chi connectivity index (χ1) is 8.61. The molecule has 0 fully saturated rings. The Bertz CT molecular complexity index is 585. The molecule has 0 aliphatic rings. The molecule has 1 heterocycles. The first-order valence-electron chi connectivity index (χ1n) is 5.08. The van der Waals surface area contributed by atoms with Crippen LogP contribution in [0.25, 0.3) is 11.5 Å². The van der Waals surface area contributed by atoms with E-state index in [9.17, 15) is 4.79 Å². The van der Waals surface area contributed by atoms with Crippen LogP contribution in [-0.2, 0) is 4.74 Å². The minimum absolute atomic E-state index is 0.175. The summed E-state index contributed by atoms with van der Waals surface area (Å²) in [5, 5.41) is 7.90. The molecule has 1 aromatic carbocycles. The molecule has 2 aromatic rings. The average molecular weight is 332 g/mol. The summed E-state index contributed by atoms with van der Waals surface area (Å²) < 4.78 is 10.7. The van der Waals surface area contributed by atoms with E-state index in [4.69, 9.17) is 20.8 Å². The fourth-order valence-electron chi connectivity index (χ4n) is 1.24. The van der Waals surface area contributed by atoms with Crippen molar-refractivity contribution in [2.75, 3.05) is 6.61 Å². The summed E-state index contributed by atoms with van der Waals surface area (Å²) >= 11 is 9.23. The van der Waals surface area contributed by atoms with E-state index in [1.807, 2.05) is 0 Å². The molecule has 2 rings (SSSR count). The molecule has 0 aliphatic carbocycles. The van der Waals surface area contributed by atoms with Crippen molar-refractivity contribution in [3.05, 3.63) is 33.6 Å². The van der Waals surface area contributed by atoms with Gasteiger partial charge in [0.05, 0.1) is 11.6 Å². The SMILES string of the molecule is CCOC(=O)c1nnc(-c2ccc(Br)c(Cl)c2)o1. The van der Waals surface area contributed by atoms with Crippen LogP contribution >= 0.6 is 27.5 Å². The van der Waals surface area contributed by atoms with Crippen LogP contribution in [0.4, 0.5) is 0 Å². The maximum Gasteiger partial charge on any atom is 0.396 e. The number of ether oxygens (including phenoxy) is 1. The van der Waals surface area contributed by atoms with Crippen molar-refractivity contribution in [3.63, 3.8) is 0 Å². The summed E-state index contributed by atoms with van der Waals surface area (Å²) in [4.78, 5) is 11.4. The number of hydrogen-bond acceptors (Lipinski definition) is 5. The van der Waals surface area contributed by atoms with E-state index in [2.05, 4.69) is 26.1 Å². The van der Waals surface area contributed by atoms with Gasteiger partial charge >= 0.3 is 11.9 Å². The molecule has 0 saturated carbocycles. The third-order valence-electron chi connectivity index (χ3n) is 2.04. The Morgan fingerprint density at radius 3 is 2.94 bits per heavy atom. The van der Waals surface area contributed by atoms with Crippen LogP contribution in [0.2, 0.25) is 5.02 Å². The van der Waals surface area contributed by atoms with Crippen molar-refractivity contribution >= 4 is 33.5 Å². The van der Waals surface area contributed by atoms with Crippen LogP contribution < -0.4 is 0 Å². The zero-order valence-electron chi connectivity index (χ0n) is 9.31. The first kappa shape index (κ1) is 13.0. The Hall–Kier alpha value is -1.40. The van der Waals surface area contributed by atoms with Gasteiger partial charge in [0.25, 0.3) is 0 Å². The van der Waals surface area contributed by atoms with Gasteiger partial charge in [-0.3, -0.25) is 0 Å². The maximum absolute atomic E-state index is 11.4. The molecular weight excluding hydrogens is 323 g/mol. The second-order valence-corrected chi connectivity index (χ2v) is 4.52. The van der Waals surface area contributed by atoms with Crippen molar-refractivity contribution in [2.45, 2.75) is 6.92 Å². The van der Waals surface area contributed by atoms with E-state index in [1.165, 1.54) is 0 Å². The zero-order chi connectivity index (χ0) is 13.1. The molecule has 0 spiro atoms. The fraction of sp³-hybridized carbons (Fsp3) is 0.182. The Labute approximate surface area is 116 Å². The van der Waals surface area contributed by atoms with Crippen molar-refractivity contribution in [2.24, 2.45) is 0 Å². The van der Waals surface area contributed by atoms with Crippen molar-refractivity contribution in [1.82, 2.24) is 10.2 Å². The highest BCUT2D eigenvalue weighted by Gasteiger charge is 2.17. The molecule has 0 radical (unpaired) electrons. The van der Waals surface area contributed by atoms with Crippen LogP contribution in [0.3, 0.4) is 0 Å². The lowest BCUT2D eigenvalue weighted by Crippen LogP contribution is -2.04. The van der Waals surface area contributed by atoms with Crippen LogP contribution in [0, 0.1) is 0 Å². The zero-order valence-corrected chi connectivity index (χ0v) is 11.7. The molecule has 0 atom stereocenters. The lowest BCUT2D eigenvalue weighted by Gasteiger charge is -1.98. The lowest BCUT2D eigenvalue weighted by atomic mass is 10.2. The second kappa shape index (κ2) is 5.49. The van der Waals surface area contributed by atoms with Gasteiger partial charge in [-0.05, 0) is 41.1 Å². The number of esters is 1. The number of carbonyl (C=O) groups is 1. The largest absolute Gasteiger partial charge is 0.459 e. The minimum atomic E-state index is -0.639. The maximum atomic E-state index is 11.4. The summed E-state index contributed by atoms with van der Waals surface area (Å²) in [6.07, 6.45) is 0. The predicted molar refractivity (Wildman–Crippen MR) is 68.4 cm³/mol. The molecule has 0 aliphatic heterocycles. The van der Waals surface area contributed by atoms with Gasteiger partial charge in [-0.15, -0.1) is 10.2 Å². The molecule has 0 N–H and O–H groups in total. The van der Waals surface area contributed by atoms with Gasteiger partial charge in [0.2, 0.25) is 5.89 Å². The molecule has 0 bridgehead atoms. The topological polar surface area (TPSA) is 65.2 Å². The summed E-state index contributed by atoms with van der Waals surface area (Å²) in [7, 11) is 0. The molecule has 18 heavy (non-hydrogen) atoms. The third kappa shape index (κ3) is 2.70. The molecule has 5 nitrogen and oxygen atoms in total. The number of halogens is 2. The summed E-state index contributed by atoms with van der Waals surface area (Å²) in [5.74, 6) is -0.599. The van der Waals surface area contributed by atoms with Crippen molar-refractivity contribution in [1.29, 1.82) is 0 Å². The van der Waals surface area contributed by atoms with E-state index in [0.717, 1.165) is 4.47 Å². The van der Waals surface area contributed by atoms with Crippen LogP contribution in [0.5, 0.6) is 0 Å². The van der Waals surface area contributed by atoms with E-state index in [-0.39, 0.29) is 18.4 Å². The monoisotopic (exact) mass is 330 g/mol. The highest BCUT2D eigenvalue weighted by Crippen LogP contribution is 2.28. The molecule has 0 saturated heterocycles. The van der Waals surface area contributed by atoms with Crippen LogP contribution in [0.1, 0.15) is 17.6 Å². The Morgan fingerprint density at radius 1 is 1.50 bits per heavy atom.